The minimum Gasteiger partial charge on any atom is -0.663 e. The van der Waals surface area contributed by atoms with E-state index in [2.05, 4.69) is 22.9 Å². The number of allylic oxidation sites excluding steroid dienone is 1. The van der Waals surface area contributed by atoms with E-state index in [-0.39, 0.29) is 39.9 Å². The second kappa shape index (κ2) is 32.5. The van der Waals surface area contributed by atoms with Crippen LogP contribution in [0.3, 0.4) is 0 Å². The molecule has 0 N–H and O–H groups in total. The van der Waals surface area contributed by atoms with Gasteiger partial charge < -0.3 is 25.6 Å². The van der Waals surface area contributed by atoms with Crippen molar-refractivity contribution in [2.45, 2.75) is 127 Å². The van der Waals surface area contributed by atoms with Crippen LogP contribution < -0.4 is 0 Å². The van der Waals surface area contributed by atoms with Gasteiger partial charge in [0, 0.05) is 12.1 Å². The van der Waals surface area contributed by atoms with Crippen molar-refractivity contribution >= 4 is 6.09 Å². The Morgan fingerprint density at radius 1 is 0.806 bits per heavy atom. The molecule has 0 heterocycles. The zero-order valence-corrected chi connectivity index (χ0v) is 27.4. The largest absolute Gasteiger partial charge is 4.00 e. The fraction of sp³-hybridized carbons (Fsp3) is 0.862. The molecule has 0 spiro atoms. The van der Waals surface area contributed by atoms with Crippen molar-refractivity contribution < 1.29 is 31.2 Å². The minimum atomic E-state index is -0.232. The van der Waals surface area contributed by atoms with Crippen LogP contribution in [0.4, 0.5) is 4.79 Å². The quantitative estimate of drug-likeness (QED) is 0.171. The summed E-state index contributed by atoms with van der Waals surface area (Å²) in [6.07, 6.45) is 6.77. The van der Waals surface area contributed by atoms with Crippen molar-refractivity contribution in [3.05, 3.63) is 33.7 Å². The Bertz CT molecular complexity index is 458. The Kier molecular flexibility index (Phi) is 38.4. The van der Waals surface area contributed by atoms with Crippen LogP contribution in [0, 0.1) is 6.61 Å². The molecule has 1 rings (SSSR count). The number of rotatable bonds is 13. The summed E-state index contributed by atoms with van der Waals surface area (Å²) in [4.78, 5) is 13.9. The summed E-state index contributed by atoms with van der Waals surface area (Å²) in [6.45, 7) is 30.1. The van der Waals surface area contributed by atoms with E-state index in [1.165, 1.54) is 36.8 Å². The summed E-state index contributed by atoms with van der Waals surface area (Å²) in [6, 6.07) is 0.320. The van der Waals surface area contributed by atoms with Gasteiger partial charge in [0.05, 0.1) is 0 Å². The number of ether oxygens (including phenoxy) is 1. The summed E-state index contributed by atoms with van der Waals surface area (Å²) >= 11 is 0. The first-order valence-electron chi connectivity index (χ1n) is 14.1. The van der Waals surface area contributed by atoms with Gasteiger partial charge in [-0.3, -0.25) is 0 Å². The Morgan fingerprint density at radius 2 is 1.22 bits per heavy atom. The minimum absolute atomic E-state index is 0. The van der Waals surface area contributed by atoms with Crippen LogP contribution in [0.15, 0.2) is 11.1 Å². The topological polar surface area (TPSA) is 71.8 Å². The van der Waals surface area contributed by atoms with Crippen molar-refractivity contribution in [1.82, 2.24) is 4.90 Å². The van der Waals surface area contributed by atoms with Crippen LogP contribution in [-0.2, 0) is 26.5 Å². The summed E-state index contributed by atoms with van der Waals surface area (Å²) in [5.74, 6) is 0. The van der Waals surface area contributed by atoms with E-state index in [0.717, 1.165) is 52.1 Å². The second-order valence-corrected chi connectivity index (χ2v) is 8.75. The van der Waals surface area contributed by atoms with Crippen LogP contribution in [0.25, 0.3) is 16.0 Å². The molecule has 0 aromatic heterocycles. The fourth-order valence-corrected chi connectivity index (χ4v) is 3.52. The van der Waals surface area contributed by atoms with E-state index >= 15 is 0 Å². The molecular weight excluding hydrogens is 484 g/mol. The van der Waals surface area contributed by atoms with E-state index in [1.54, 1.807) is 11.5 Å². The molecule has 0 aromatic rings. The van der Waals surface area contributed by atoms with Crippen LogP contribution in [0.5, 0.6) is 0 Å². The molecule has 0 unspecified atom stereocenters. The summed E-state index contributed by atoms with van der Waals surface area (Å²) in [5.41, 5.74) is 2.74. The van der Waals surface area contributed by atoms with Gasteiger partial charge in [-0.05, 0) is 27.7 Å². The van der Waals surface area contributed by atoms with Crippen LogP contribution in [-0.4, -0.2) is 62.3 Å². The van der Waals surface area contributed by atoms with Crippen molar-refractivity contribution in [2.75, 3.05) is 39.3 Å². The average molecular weight is 545 g/mol. The smallest absolute Gasteiger partial charge is 0.663 e. The van der Waals surface area contributed by atoms with Gasteiger partial charge in [0.1, 0.15) is 0 Å². The van der Waals surface area contributed by atoms with Gasteiger partial charge in [-0.2, -0.15) is 44.8 Å². The number of amides is 1. The molecule has 7 heteroatoms. The summed E-state index contributed by atoms with van der Waals surface area (Å²) in [7, 11) is 0. The van der Waals surface area contributed by atoms with Gasteiger partial charge in [-0.1, -0.05) is 93.6 Å². The molecule has 0 atom stereocenters. The van der Waals surface area contributed by atoms with Crippen LogP contribution >= 0.6 is 0 Å². The predicted octanol–water partition coefficient (Wildman–Crippen LogP) is 9.27. The Balaban J connectivity index is -0.000000262. The Hall–Kier alpha value is -0.526. The Morgan fingerprint density at radius 3 is 1.53 bits per heavy atom. The van der Waals surface area contributed by atoms with E-state index in [0.29, 0.717) is 0 Å². The SMILES string of the molecule is CCCCC1=C([CH-]OC(=O)N(C(C)C)C(C)C)CCC1.CC[N-]CC.CC[N-]CC.CC[N-]CC.[Ti+4]. The van der Waals surface area contributed by atoms with Gasteiger partial charge >= 0.3 is 27.8 Å². The number of nitrogens with zero attached hydrogens (tertiary/aromatic N) is 4. The molecule has 0 aliphatic heterocycles. The van der Waals surface area contributed by atoms with Gasteiger partial charge in [0.2, 0.25) is 0 Å². The number of carbonyl (C=O) groups excluding carboxylic acids is 1. The standard InChI is InChI=1S/C17H30NO2.3C4H10N.Ti/c1-6-7-9-15-10-8-11-16(15)12-20-17(19)18(13(2)3)14(4)5;3*1-3-5-4-2;/h12-14H,6-11H2,1-5H3;3*3-4H2,1-2H3;/q4*-1;+4. The third kappa shape index (κ3) is 26.5. The maximum Gasteiger partial charge on any atom is 4.00 e. The molecule has 1 aliphatic carbocycles. The number of hydrogen-bond acceptors (Lipinski definition) is 2. The number of hydrogen-bond donors (Lipinski definition) is 0. The first-order valence-corrected chi connectivity index (χ1v) is 14.1. The second-order valence-electron chi connectivity index (χ2n) is 8.75. The predicted molar refractivity (Wildman–Crippen MR) is 157 cm³/mol. The van der Waals surface area contributed by atoms with E-state index in [4.69, 9.17) is 4.74 Å². The molecule has 0 aromatic carbocycles. The molecule has 0 fully saturated rings. The third-order valence-corrected chi connectivity index (χ3v) is 5.18. The average Bonchev–Trinajstić information content (AvgIpc) is 3.26. The summed E-state index contributed by atoms with van der Waals surface area (Å²) < 4.78 is 5.43. The van der Waals surface area contributed by atoms with Gasteiger partial charge in [0.15, 0.2) is 0 Å². The van der Waals surface area contributed by atoms with Crippen LogP contribution in [0.2, 0.25) is 0 Å². The van der Waals surface area contributed by atoms with E-state index in [9.17, 15) is 4.79 Å². The monoisotopic (exact) mass is 544 g/mol. The molecule has 212 valence electrons. The molecular formula is C29H60N4O2Ti. The van der Waals surface area contributed by atoms with Crippen molar-refractivity contribution in [2.24, 2.45) is 0 Å². The zero-order valence-electron chi connectivity index (χ0n) is 25.8. The number of carbonyl (C=O) groups is 1. The van der Waals surface area contributed by atoms with E-state index in [1.807, 2.05) is 69.2 Å². The molecule has 0 radical (unpaired) electrons. The first kappa shape index (κ1) is 42.6. The van der Waals surface area contributed by atoms with Gasteiger partial charge in [0.25, 0.3) is 0 Å². The molecule has 0 bridgehead atoms. The number of unbranched alkanes of at least 4 members (excludes halogenated alkanes) is 1. The maximum absolute atomic E-state index is 12.2. The molecule has 6 nitrogen and oxygen atoms in total. The normalized spacial score (nSPS) is 11.9. The molecule has 1 amide bonds. The Labute approximate surface area is 241 Å². The van der Waals surface area contributed by atoms with Crippen molar-refractivity contribution in [3.63, 3.8) is 0 Å². The fourth-order valence-electron chi connectivity index (χ4n) is 3.52. The van der Waals surface area contributed by atoms with Crippen LogP contribution in [0.1, 0.15) is 115 Å². The van der Waals surface area contributed by atoms with Crippen molar-refractivity contribution in [3.8, 4) is 0 Å². The van der Waals surface area contributed by atoms with E-state index < -0.39 is 0 Å². The molecule has 1 aliphatic rings. The zero-order chi connectivity index (χ0) is 27.5. The van der Waals surface area contributed by atoms with Crippen molar-refractivity contribution in [1.29, 1.82) is 0 Å². The molecule has 0 saturated carbocycles. The van der Waals surface area contributed by atoms with Gasteiger partial charge in [-0.15, -0.1) is 0 Å². The maximum atomic E-state index is 12.2. The molecule has 0 saturated heterocycles. The van der Waals surface area contributed by atoms with Gasteiger partial charge in [-0.25, -0.2) is 10.4 Å². The summed E-state index contributed by atoms with van der Waals surface area (Å²) in [5, 5.41) is 11.9. The third-order valence-electron chi connectivity index (χ3n) is 5.18. The first-order chi connectivity index (χ1) is 16.7. The molecule has 36 heavy (non-hydrogen) atoms.